The van der Waals surface area contributed by atoms with Crippen LogP contribution in [-0.4, -0.2) is 48.4 Å². The molecule has 0 aromatic heterocycles. The first kappa shape index (κ1) is 22.7. The fraction of sp³-hybridized carbons (Fsp3) is 0.636. The van der Waals surface area contributed by atoms with Gasteiger partial charge in [0.1, 0.15) is 23.4 Å². The molecule has 152 valence electrons. The van der Waals surface area contributed by atoms with Crippen LogP contribution in [0.2, 0.25) is 0 Å². The van der Waals surface area contributed by atoms with E-state index < -0.39 is 11.2 Å². The third-order valence-corrected chi connectivity index (χ3v) is 5.52. The van der Waals surface area contributed by atoms with Gasteiger partial charge in [-0.2, -0.15) is 0 Å². The molecule has 5 heteroatoms. The summed E-state index contributed by atoms with van der Waals surface area (Å²) >= 11 is 12.1. The average molecular weight is 415 g/mol. The van der Waals surface area contributed by atoms with Crippen molar-refractivity contribution >= 4 is 23.2 Å². The molecule has 2 aliphatic carbocycles. The Bertz CT molecular complexity index is 510. The Kier molecular flexibility index (Phi) is 9.61. The summed E-state index contributed by atoms with van der Waals surface area (Å²) in [5, 5.41) is 0. The first-order valence-electron chi connectivity index (χ1n) is 9.93. The van der Waals surface area contributed by atoms with Crippen LogP contribution in [0.3, 0.4) is 0 Å². The topological polar surface area (TPSA) is 27.7 Å². The van der Waals surface area contributed by atoms with Crippen LogP contribution in [0.1, 0.15) is 39.5 Å². The molecular formula is C22H32Cl2O3. The molecule has 0 saturated heterocycles. The van der Waals surface area contributed by atoms with Crippen molar-refractivity contribution in [3.05, 3.63) is 48.6 Å². The Morgan fingerprint density at radius 1 is 0.741 bits per heavy atom. The van der Waals surface area contributed by atoms with Gasteiger partial charge in [-0.25, -0.2) is 0 Å². The van der Waals surface area contributed by atoms with Crippen molar-refractivity contribution < 1.29 is 14.2 Å². The minimum Gasteiger partial charge on any atom is -0.371 e. The van der Waals surface area contributed by atoms with Gasteiger partial charge in [-0.05, 0) is 51.7 Å². The van der Waals surface area contributed by atoms with Crippen LogP contribution in [0, 0.1) is 0 Å². The fourth-order valence-electron chi connectivity index (χ4n) is 3.81. The molecule has 0 bridgehead atoms. The highest BCUT2D eigenvalue weighted by molar-refractivity contribution is 6.18. The van der Waals surface area contributed by atoms with Crippen LogP contribution in [0.15, 0.2) is 48.6 Å². The van der Waals surface area contributed by atoms with Gasteiger partial charge in [0, 0.05) is 25.0 Å². The zero-order valence-corrected chi connectivity index (χ0v) is 17.9. The number of halogens is 2. The van der Waals surface area contributed by atoms with Crippen molar-refractivity contribution in [3.63, 3.8) is 0 Å². The summed E-state index contributed by atoms with van der Waals surface area (Å²) in [4.78, 5) is 0. The van der Waals surface area contributed by atoms with Crippen molar-refractivity contribution in [1.29, 1.82) is 0 Å². The van der Waals surface area contributed by atoms with Gasteiger partial charge in [0.15, 0.2) is 0 Å². The second kappa shape index (κ2) is 11.4. The molecular weight excluding hydrogens is 383 g/mol. The lowest BCUT2D eigenvalue weighted by molar-refractivity contribution is -0.199. The lowest BCUT2D eigenvalue weighted by Gasteiger charge is -2.48. The predicted octanol–water partition coefficient (Wildman–Crippen LogP) is 5.58. The van der Waals surface area contributed by atoms with Crippen LogP contribution in [-0.2, 0) is 14.2 Å². The molecule has 0 aliphatic heterocycles. The normalized spacial score (nSPS) is 32.3. The SMILES string of the molecule is CCOC1C=CC=CC1(CCCCl)OC1(CCCCl)C=CC=CC1OCC. The standard InChI is InChI=1S/C22H32Cl2O3/c1-3-25-19-11-5-7-13-21(19,15-9-17-23)27-22(16-10-18-24)14-8-6-12-20(22)26-4-2/h5-8,11-14,19-20H,3-4,9-10,15-18H2,1-2H3. The minimum atomic E-state index is -0.586. The molecule has 0 radical (unpaired) electrons. The van der Waals surface area contributed by atoms with Crippen LogP contribution in [0.25, 0.3) is 0 Å². The molecule has 2 rings (SSSR count). The third kappa shape index (κ3) is 5.71. The number of hydrogen-bond acceptors (Lipinski definition) is 3. The highest BCUT2D eigenvalue weighted by atomic mass is 35.5. The van der Waals surface area contributed by atoms with Crippen LogP contribution >= 0.6 is 23.2 Å². The molecule has 3 nitrogen and oxygen atoms in total. The third-order valence-electron chi connectivity index (χ3n) is 4.99. The second-order valence-corrected chi connectivity index (χ2v) is 7.59. The van der Waals surface area contributed by atoms with Gasteiger partial charge in [-0.15, -0.1) is 23.2 Å². The molecule has 0 aromatic rings. The molecule has 0 amide bonds. The summed E-state index contributed by atoms with van der Waals surface area (Å²) in [6.45, 7) is 5.25. The lowest BCUT2D eigenvalue weighted by Crippen LogP contribution is -2.56. The van der Waals surface area contributed by atoms with Crippen molar-refractivity contribution in [1.82, 2.24) is 0 Å². The molecule has 0 saturated carbocycles. The van der Waals surface area contributed by atoms with E-state index in [0.717, 1.165) is 25.7 Å². The van der Waals surface area contributed by atoms with E-state index in [-0.39, 0.29) is 12.2 Å². The largest absolute Gasteiger partial charge is 0.371 e. The molecule has 0 fully saturated rings. The maximum Gasteiger partial charge on any atom is 0.118 e. The molecule has 0 N–H and O–H groups in total. The Hall–Kier alpha value is -0.580. The van der Waals surface area contributed by atoms with Gasteiger partial charge >= 0.3 is 0 Å². The number of hydrogen-bond donors (Lipinski definition) is 0. The minimum absolute atomic E-state index is 0.162. The molecule has 2 aliphatic rings. The monoisotopic (exact) mass is 414 g/mol. The van der Waals surface area contributed by atoms with Crippen molar-refractivity contribution in [2.45, 2.75) is 62.9 Å². The summed E-state index contributed by atoms with van der Waals surface area (Å²) in [6, 6.07) is 0. The summed E-state index contributed by atoms with van der Waals surface area (Å²) in [5.74, 6) is 1.17. The number of rotatable bonds is 12. The Morgan fingerprint density at radius 2 is 1.19 bits per heavy atom. The molecule has 0 aromatic carbocycles. The number of allylic oxidation sites excluding steroid dienone is 4. The highest BCUT2D eigenvalue weighted by Gasteiger charge is 2.48. The summed E-state index contributed by atoms with van der Waals surface area (Å²) in [7, 11) is 0. The quantitative estimate of drug-likeness (QED) is 0.390. The van der Waals surface area contributed by atoms with Crippen LogP contribution < -0.4 is 0 Å². The Balaban J connectivity index is 2.40. The maximum atomic E-state index is 7.00. The van der Waals surface area contributed by atoms with Gasteiger partial charge in [0.2, 0.25) is 0 Å². The average Bonchev–Trinajstić information content (AvgIpc) is 2.69. The Labute approximate surface area is 174 Å². The highest BCUT2D eigenvalue weighted by Crippen LogP contribution is 2.41. The van der Waals surface area contributed by atoms with Crippen LogP contribution in [0.4, 0.5) is 0 Å². The smallest absolute Gasteiger partial charge is 0.118 e. The van der Waals surface area contributed by atoms with Gasteiger partial charge in [0.05, 0.1) is 0 Å². The van der Waals surface area contributed by atoms with Crippen molar-refractivity contribution in [3.8, 4) is 0 Å². The van der Waals surface area contributed by atoms with Gasteiger partial charge in [-0.3, -0.25) is 0 Å². The number of ether oxygens (including phenoxy) is 3. The zero-order chi connectivity index (χ0) is 19.6. The first-order valence-corrected chi connectivity index (χ1v) is 11.0. The first-order chi connectivity index (χ1) is 13.2. The van der Waals surface area contributed by atoms with Gasteiger partial charge < -0.3 is 14.2 Å². The van der Waals surface area contributed by atoms with E-state index in [1.54, 1.807) is 0 Å². The van der Waals surface area contributed by atoms with Gasteiger partial charge in [-0.1, -0.05) is 36.5 Å². The Morgan fingerprint density at radius 3 is 1.56 bits per heavy atom. The van der Waals surface area contributed by atoms with Crippen LogP contribution in [0.5, 0.6) is 0 Å². The number of alkyl halides is 2. The lowest BCUT2D eigenvalue weighted by atomic mass is 9.82. The van der Waals surface area contributed by atoms with Crippen molar-refractivity contribution in [2.24, 2.45) is 0 Å². The van der Waals surface area contributed by atoms with E-state index in [4.69, 9.17) is 37.4 Å². The van der Waals surface area contributed by atoms with E-state index in [2.05, 4.69) is 24.3 Å². The van der Waals surface area contributed by atoms with E-state index in [0.29, 0.717) is 25.0 Å². The van der Waals surface area contributed by atoms with E-state index in [1.807, 2.05) is 38.2 Å². The summed E-state index contributed by atoms with van der Waals surface area (Å²) in [5.41, 5.74) is -1.17. The molecule has 27 heavy (non-hydrogen) atoms. The molecule has 0 heterocycles. The van der Waals surface area contributed by atoms with Gasteiger partial charge in [0.25, 0.3) is 0 Å². The summed E-state index contributed by atoms with van der Waals surface area (Å²) < 4.78 is 19.1. The zero-order valence-electron chi connectivity index (χ0n) is 16.4. The van der Waals surface area contributed by atoms with E-state index >= 15 is 0 Å². The van der Waals surface area contributed by atoms with E-state index in [9.17, 15) is 0 Å². The molecule has 4 atom stereocenters. The van der Waals surface area contributed by atoms with Crippen molar-refractivity contribution in [2.75, 3.05) is 25.0 Å². The second-order valence-electron chi connectivity index (χ2n) is 6.84. The fourth-order valence-corrected chi connectivity index (χ4v) is 4.08. The van der Waals surface area contributed by atoms with E-state index in [1.165, 1.54) is 0 Å². The summed E-state index contributed by atoms with van der Waals surface area (Å²) in [6.07, 6.45) is 19.4. The molecule has 4 unspecified atom stereocenters. The predicted molar refractivity (Wildman–Crippen MR) is 114 cm³/mol. The maximum absolute atomic E-state index is 7.00. The molecule has 0 spiro atoms.